The predicted molar refractivity (Wildman–Crippen MR) is 57.6 cm³/mol. The number of hydrogen-bond donors (Lipinski definition) is 3. The Balaban J connectivity index is 1.72. The van der Waals surface area contributed by atoms with Crippen molar-refractivity contribution in [3.05, 3.63) is 35.9 Å². The number of nitrogens with one attached hydrogen (secondary N) is 2. The molecule has 0 spiro atoms. The van der Waals surface area contributed by atoms with Gasteiger partial charge in [0.05, 0.1) is 6.04 Å². The van der Waals surface area contributed by atoms with E-state index in [9.17, 15) is 4.79 Å². The third-order valence-electron chi connectivity index (χ3n) is 2.44. The van der Waals surface area contributed by atoms with Crippen molar-refractivity contribution in [3.8, 4) is 0 Å². The summed E-state index contributed by atoms with van der Waals surface area (Å²) in [6.45, 7) is 0.810. The Hall–Kier alpha value is -1.59. The van der Waals surface area contributed by atoms with Gasteiger partial charge in [0.25, 0.3) is 0 Å². The average Bonchev–Trinajstić information content (AvgIpc) is 2.33. The van der Waals surface area contributed by atoms with Crippen molar-refractivity contribution < 1.29 is 14.6 Å². The number of aliphatic hydroxyl groups excluding tert-OH is 1. The number of benzene rings is 1. The summed E-state index contributed by atoms with van der Waals surface area (Å²) in [5, 5.41) is 14.4. The van der Waals surface area contributed by atoms with Crippen LogP contribution in [0.25, 0.3) is 0 Å². The lowest BCUT2D eigenvalue weighted by Crippen LogP contribution is -2.64. The molecule has 2 atom stereocenters. The van der Waals surface area contributed by atoms with Gasteiger partial charge in [-0.15, -0.1) is 0 Å². The van der Waals surface area contributed by atoms with Crippen molar-refractivity contribution in [1.29, 1.82) is 0 Å². The van der Waals surface area contributed by atoms with Crippen molar-refractivity contribution in [3.63, 3.8) is 0 Å². The zero-order valence-corrected chi connectivity index (χ0v) is 8.72. The van der Waals surface area contributed by atoms with Crippen LogP contribution in [0.2, 0.25) is 0 Å². The van der Waals surface area contributed by atoms with Crippen LogP contribution in [0.1, 0.15) is 5.56 Å². The van der Waals surface area contributed by atoms with Gasteiger partial charge in [0.1, 0.15) is 12.8 Å². The molecule has 2 rings (SSSR count). The van der Waals surface area contributed by atoms with Gasteiger partial charge in [-0.25, -0.2) is 4.79 Å². The van der Waals surface area contributed by atoms with Crippen LogP contribution < -0.4 is 10.6 Å². The maximum Gasteiger partial charge on any atom is 0.407 e. The summed E-state index contributed by atoms with van der Waals surface area (Å²) < 4.78 is 4.99. The van der Waals surface area contributed by atoms with E-state index in [-0.39, 0.29) is 12.6 Å². The van der Waals surface area contributed by atoms with E-state index in [0.717, 1.165) is 5.56 Å². The minimum atomic E-state index is -0.663. The smallest absolute Gasteiger partial charge is 0.407 e. The second kappa shape index (κ2) is 4.96. The van der Waals surface area contributed by atoms with Crippen LogP contribution in [0.5, 0.6) is 0 Å². The summed E-state index contributed by atoms with van der Waals surface area (Å²) in [5.41, 5.74) is 0.935. The summed E-state index contributed by atoms with van der Waals surface area (Å²) in [7, 11) is 0. The van der Waals surface area contributed by atoms with Crippen LogP contribution in [-0.2, 0) is 11.3 Å². The lowest BCUT2D eigenvalue weighted by Gasteiger charge is -2.33. The van der Waals surface area contributed by atoms with Crippen LogP contribution in [0.3, 0.4) is 0 Å². The monoisotopic (exact) mass is 222 g/mol. The van der Waals surface area contributed by atoms with Gasteiger partial charge >= 0.3 is 6.09 Å². The third kappa shape index (κ3) is 2.71. The molecule has 5 heteroatoms. The molecule has 0 aromatic heterocycles. The standard InChI is InChI=1S/C11H14N2O3/c14-10-9(6-12-10)13-11(15)16-7-8-4-2-1-3-5-8/h1-5,9-10,12,14H,6-7H2,(H,13,15). The topological polar surface area (TPSA) is 70.6 Å². The van der Waals surface area contributed by atoms with Gasteiger partial charge in [0.2, 0.25) is 0 Å². The Bertz CT molecular complexity index is 356. The minimum Gasteiger partial charge on any atom is -0.445 e. The van der Waals surface area contributed by atoms with E-state index in [4.69, 9.17) is 9.84 Å². The molecule has 1 saturated heterocycles. The molecule has 1 aliphatic heterocycles. The van der Waals surface area contributed by atoms with Crippen molar-refractivity contribution in [2.45, 2.75) is 18.9 Å². The maximum absolute atomic E-state index is 11.3. The number of aliphatic hydroxyl groups is 1. The lowest BCUT2D eigenvalue weighted by atomic mass is 10.1. The molecule has 1 aromatic rings. The Morgan fingerprint density at radius 1 is 1.50 bits per heavy atom. The Labute approximate surface area is 93.4 Å². The molecule has 0 bridgehead atoms. The van der Waals surface area contributed by atoms with Gasteiger partial charge in [0.15, 0.2) is 0 Å². The summed E-state index contributed by atoms with van der Waals surface area (Å²) in [4.78, 5) is 11.3. The van der Waals surface area contributed by atoms with E-state index in [1.54, 1.807) is 0 Å². The largest absolute Gasteiger partial charge is 0.445 e. The quantitative estimate of drug-likeness (QED) is 0.683. The fraction of sp³-hybridized carbons (Fsp3) is 0.364. The fourth-order valence-electron chi connectivity index (χ4n) is 1.39. The van der Waals surface area contributed by atoms with Crippen LogP contribution in [0, 0.1) is 0 Å². The normalized spacial score (nSPS) is 23.3. The van der Waals surface area contributed by atoms with Gasteiger partial charge in [-0.2, -0.15) is 0 Å². The van der Waals surface area contributed by atoms with Gasteiger partial charge in [-0.1, -0.05) is 30.3 Å². The van der Waals surface area contributed by atoms with E-state index in [1.807, 2.05) is 30.3 Å². The second-order valence-electron chi connectivity index (χ2n) is 3.67. The van der Waals surface area contributed by atoms with Gasteiger partial charge < -0.3 is 15.2 Å². The van der Waals surface area contributed by atoms with E-state index in [0.29, 0.717) is 6.54 Å². The van der Waals surface area contributed by atoms with Crippen LogP contribution in [-0.4, -0.2) is 30.0 Å². The molecule has 0 saturated carbocycles. The molecular formula is C11H14N2O3. The molecule has 2 unspecified atom stereocenters. The number of hydrogen-bond acceptors (Lipinski definition) is 4. The zero-order chi connectivity index (χ0) is 11.4. The van der Waals surface area contributed by atoms with E-state index in [1.165, 1.54) is 0 Å². The number of carbonyl (C=O) groups is 1. The van der Waals surface area contributed by atoms with Gasteiger partial charge in [0, 0.05) is 6.54 Å². The minimum absolute atomic E-state index is 0.239. The highest BCUT2D eigenvalue weighted by atomic mass is 16.5. The highest BCUT2D eigenvalue weighted by Crippen LogP contribution is 2.03. The van der Waals surface area contributed by atoms with Crippen molar-refractivity contribution in [1.82, 2.24) is 10.6 Å². The van der Waals surface area contributed by atoms with Crippen molar-refractivity contribution in [2.75, 3.05) is 6.54 Å². The lowest BCUT2D eigenvalue weighted by molar-refractivity contribution is 0.0283. The number of ether oxygens (including phenoxy) is 1. The summed E-state index contributed by atoms with van der Waals surface area (Å²) in [6, 6.07) is 9.19. The molecule has 0 aliphatic carbocycles. The number of carbonyl (C=O) groups excluding carboxylic acids is 1. The summed E-state index contributed by atoms with van der Waals surface area (Å²) >= 11 is 0. The van der Waals surface area contributed by atoms with E-state index in [2.05, 4.69) is 10.6 Å². The van der Waals surface area contributed by atoms with E-state index < -0.39 is 12.3 Å². The highest BCUT2D eigenvalue weighted by Gasteiger charge is 2.29. The average molecular weight is 222 g/mol. The predicted octanol–water partition coefficient (Wildman–Crippen LogP) is 0.203. The molecule has 1 amide bonds. The first kappa shape index (κ1) is 10.9. The van der Waals surface area contributed by atoms with Crippen LogP contribution in [0.15, 0.2) is 30.3 Å². The first-order chi connectivity index (χ1) is 7.75. The van der Waals surface area contributed by atoms with Gasteiger partial charge in [-0.05, 0) is 5.56 Å². The summed E-state index contributed by atoms with van der Waals surface area (Å²) in [6.07, 6.45) is -1.17. The molecule has 3 N–H and O–H groups in total. The highest BCUT2D eigenvalue weighted by molar-refractivity contribution is 5.67. The number of alkyl carbamates (subject to hydrolysis) is 1. The molecule has 0 radical (unpaired) electrons. The molecule has 86 valence electrons. The SMILES string of the molecule is O=C(NC1CNC1O)OCc1ccccc1. The summed E-state index contributed by atoms with van der Waals surface area (Å²) in [5.74, 6) is 0. The molecule has 1 fully saturated rings. The van der Waals surface area contributed by atoms with Crippen LogP contribution >= 0.6 is 0 Å². The van der Waals surface area contributed by atoms with Crippen LogP contribution in [0.4, 0.5) is 4.79 Å². The van der Waals surface area contributed by atoms with E-state index >= 15 is 0 Å². The number of amides is 1. The third-order valence-corrected chi connectivity index (χ3v) is 2.44. The molecule has 16 heavy (non-hydrogen) atoms. The first-order valence-corrected chi connectivity index (χ1v) is 5.14. The fourth-order valence-corrected chi connectivity index (χ4v) is 1.39. The molecular weight excluding hydrogens is 208 g/mol. The zero-order valence-electron chi connectivity index (χ0n) is 8.72. The van der Waals surface area contributed by atoms with Crippen molar-refractivity contribution >= 4 is 6.09 Å². The Morgan fingerprint density at radius 2 is 2.25 bits per heavy atom. The second-order valence-corrected chi connectivity index (χ2v) is 3.67. The number of rotatable bonds is 3. The Morgan fingerprint density at radius 3 is 2.81 bits per heavy atom. The molecule has 5 nitrogen and oxygen atoms in total. The van der Waals surface area contributed by atoms with Gasteiger partial charge in [-0.3, -0.25) is 5.32 Å². The Kier molecular flexibility index (Phi) is 3.38. The molecule has 1 aromatic carbocycles. The molecule has 1 heterocycles. The first-order valence-electron chi connectivity index (χ1n) is 5.14. The molecule has 1 aliphatic rings. The maximum atomic E-state index is 11.3. The van der Waals surface area contributed by atoms with Crippen molar-refractivity contribution in [2.24, 2.45) is 0 Å².